The molecule has 0 amide bonds. The normalized spacial score (nSPS) is 10.5. The fraction of sp³-hybridized carbons (Fsp3) is 0. The number of nitrogens with zero attached hydrogens (tertiary/aromatic N) is 1. The molecule has 0 aliphatic rings. The van der Waals surface area contributed by atoms with Crippen LogP contribution in [0.4, 0.5) is 4.39 Å². The van der Waals surface area contributed by atoms with Gasteiger partial charge in [0.25, 0.3) is 0 Å². The largest absolute Gasteiger partial charge is 0.226 e. The standard InChI is InChI=1S/C11H5Cl3FN/c12-6-1-2-8(10(14)4-6)9-3-7(13)5-16-11(9)15/h1-5H. The lowest BCUT2D eigenvalue weighted by atomic mass is 10.1. The number of hydrogen-bond donors (Lipinski definition) is 0. The number of benzene rings is 1. The molecule has 0 saturated carbocycles. The van der Waals surface area contributed by atoms with Crippen molar-refractivity contribution in [1.82, 2.24) is 4.98 Å². The minimum absolute atomic E-state index is 0.258. The van der Waals surface area contributed by atoms with Gasteiger partial charge in [-0.15, -0.1) is 0 Å². The molecule has 0 spiro atoms. The average molecular weight is 277 g/mol. The van der Waals surface area contributed by atoms with E-state index >= 15 is 0 Å². The summed E-state index contributed by atoms with van der Waals surface area (Å²) in [6.07, 6.45) is 1.24. The van der Waals surface area contributed by atoms with Crippen LogP contribution in [0.3, 0.4) is 0 Å². The highest BCUT2D eigenvalue weighted by atomic mass is 35.5. The Hall–Kier alpha value is -0.830. The van der Waals surface area contributed by atoms with Gasteiger partial charge in [0.2, 0.25) is 5.95 Å². The third-order valence-corrected chi connectivity index (χ3v) is 2.78. The molecule has 2 aromatic rings. The number of pyridine rings is 1. The molecule has 1 heterocycles. The molecule has 1 aromatic heterocycles. The molecule has 1 nitrogen and oxygen atoms in total. The summed E-state index contributed by atoms with van der Waals surface area (Å²) < 4.78 is 13.5. The quantitative estimate of drug-likeness (QED) is 0.679. The van der Waals surface area contributed by atoms with E-state index in [4.69, 9.17) is 34.8 Å². The second-order valence-corrected chi connectivity index (χ2v) is 4.40. The van der Waals surface area contributed by atoms with Crippen LogP contribution < -0.4 is 0 Å². The summed E-state index contributed by atoms with van der Waals surface area (Å²) in [4.78, 5) is 3.53. The maximum absolute atomic E-state index is 13.5. The first-order chi connectivity index (χ1) is 7.58. The average Bonchev–Trinajstić information content (AvgIpc) is 2.22. The predicted octanol–water partition coefficient (Wildman–Crippen LogP) is 4.85. The van der Waals surface area contributed by atoms with Crippen molar-refractivity contribution in [1.29, 1.82) is 0 Å². The molecule has 0 radical (unpaired) electrons. The highest BCUT2D eigenvalue weighted by Gasteiger charge is 2.10. The molecule has 0 aliphatic heterocycles. The number of halogens is 4. The van der Waals surface area contributed by atoms with Gasteiger partial charge < -0.3 is 0 Å². The Labute approximate surface area is 107 Å². The fourth-order valence-electron chi connectivity index (χ4n) is 1.32. The molecule has 1 aromatic carbocycles. The predicted molar refractivity (Wildman–Crippen MR) is 64.7 cm³/mol. The van der Waals surface area contributed by atoms with Gasteiger partial charge in [-0.25, -0.2) is 4.98 Å². The van der Waals surface area contributed by atoms with E-state index in [1.54, 1.807) is 18.2 Å². The van der Waals surface area contributed by atoms with Crippen molar-refractivity contribution in [3.63, 3.8) is 0 Å². The highest BCUT2D eigenvalue weighted by molar-refractivity contribution is 6.36. The van der Waals surface area contributed by atoms with Gasteiger partial charge in [-0.3, -0.25) is 0 Å². The number of hydrogen-bond acceptors (Lipinski definition) is 1. The van der Waals surface area contributed by atoms with Gasteiger partial charge >= 0.3 is 0 Å². The lowest BCUT2D eigenvalue weighted by molar-refractivity contribution is 0.587. The number of rotatable bonds is 1. The van der Waals surface area contributed by atoms with Crippen LogP contribution in [0.5, 0.6) is 0 Å². The van der Waals surface area contributed by atoms with Gasteiger partial charge in [0.1, 0.15) is 0 Å². The molecule has 0 bridgehead atoms. The van der Waals surface area contributed by atoms with Crippen LogP contribution in [-0.2, 0) is 0 Å². The minimum atomic E-state index is -0.617. The lowest BCUT2D eigenvalue weighted by Crippen LogP contribution is -1.89. The molecule has 0 unspecified atom stereocenters. The monoisotopic (exact) mass is 275 g/mol. The van der Waals surface area contributed by atoms with Crippen LogP contribution in [0.15, 0.2) is 30.5 Å². The molecule has 0 aliphatic carbocycles. The molecule has 0 N–H and O–H groups in total. The Kier molecular flexibility index (Phi) is 3.33. The third kappa shape index (κ3) is 2.29. The van der Waals surface area contributed by atoms with E-state index in [1.807, 2.05) is 0 Å². The van der Waals surface area contributed by atoms with E-state index < -0.39 is 5.95 Å². The van der Waals surface area contributed by atoms with Crippen LogP contribution in [-0.4, -0.2) is 4.98 Å². The maximum Gasteiger partial charge on any atom is 0.220 e. The van der Waals surface area contributed by atoms with Crippen LogP contribution in [0.1, 0.15) is 0 Å². The van der Waals surface area contributed by atoms with Crippen molar-refractivity contribution in [2.75, 3.05) is 0 Å². The Morgan fingerprint density at radius 3 is 2.38 bits per heavy atom. The Morgan fingerprint density at radius 1 is 0.938 bits per heavy atom. The van der Waals surface area contributed by atoms with Crippen molar-refractivity contribution < 1.29 is 4.39 Å². The Balaban J connectivity index is 2.62. The SMILES string of the molecule is Fc1ncc(Cl)cc1-c1ccc(Cl)cc1Cl. The van der Waals surface area contributed by atoms with Gasteiger partial charge in [0.15, 0.2) is 0 Å². The molecule has 2 rings (SSSR count). The first-order valence-electron chi connectivity index (χ1n) is 4.34. The zero-order valence-corrected chi connectivity index (χ0v) is 10.1. The van der Waals surface area contributed by atoms with Crippen molar-refractivity contribution >= 4 is 34.8 Å². The van der Waals surface area contributed by atoms with E-state index in [0.29, 0.717) is 20.6 Å². The molecule has 0 saturated heterocycles. The first kappa shape index (κ1) is 11.6. The van der Waals surface area contributed by atoms with E-state index in [-0.39, 0.29) is 5.56 Å². The smallest absolute Gasteiger partial charge is 0.220 e. The van der Waals surface area contributed by atoms with Crippen LogP contribution >= 0.6 is 34.8 Å². The van der Waals surface area contributed by atoms with E-state index in [0.717, 1.165) is 0 Å². The van der Waals surface area contributed by atoms with Crippen LogP contribution in [0.25, 0.3) is 11.1 Å². The summed E-state index contributed by atoms with van der Waals surface area (Å²) in [6, 6.07) is 6.27. The molecule has 82 valence electrons. The van der Waals surface area contributed by atoms with Gasteiger partial charge in [0.05, 0.1) is 10.0 Å². The first-order valence-corrected chi connectivity index (χ1v) is 5.48. The molecule has 0 atom stereocenters. The molecular formula is C11H5Cl3FN. The second kappa shape index (κ2) is 4.58. The summed E-state index contributed by atoms with van der Waals surface area (Å²) in [7, 11) is 0. The van der Waals surface area contributed by atoms with Crippen molar-refractivity contribution in [2.45, 2.75) is 0 Å². The second-order valence-electron chi connectivity index (χ2n) is 3.12. The van der Waals surface area contributed by atoms with Crippen LogP contribution in [0.2, 0.25) is 15.1 Å². The Bertz CT molecular complexity index is 543. The summed E-state index contributed by atoms with van der Waals surface area (Å²) in [6.45, 7) is 0. The van der Waals surface area contributed by atoms with E-state index in [9.17, 15) is 4.39 Å². The van der Waals surface area contributed by atoms with E-state index in [1.165, 1.54) is 12.3 Å². The van der Waals surface area contributed by atoms with Crippen LogP contribution in [0, 0.1) is 5.95 Å². The topological polar surface area (TPSA) is 12.9 Å². The summed E-state index contributed by atoms with van der Waals surface area (Å²) >= 11 is 17.5. The van der Waals surface area contributed by atoms with Crippen molar-refractivity contribution in [3.8, 4) is 11.1 Å². The fourth-order valence-corrected chi connectivity index (χ4v) is 1.99. The maximum atomic E-state index is 13.5. The zero-order chi connectivity index (χ0) is 11.7. The lowest BCUT2D eigenvalue weighted by Gasteiger charge is -2.06. The molecule has 5 heteroatoms. The summed E-state index contributed by atoms with van der Waals surface area (Å²) in [5, 5.41) is 1.20. The molecular weight excluding hydrogens is 271 g/mol. The summed E-state index contributed by atoms with van der Waals surface area (Å²) in [5.74, 6) is -0.617. The highest BCUT2D eigenvalue weighted by Crippen LogP contribution is 2.32. The summed E-state index contributed by atoms with van der Waals surface area (Å²) in [5.41, 5.74) is 0.771. The van der Waals surface area contributed by atoms with Crippen molar-refractivity contribution in [2.24, 2.45) is 0 Å². The van der Waals surface area contributed by atoms with Gasteiger partial charge in [-0.2, -0.15) is 4.39 Å². The third-order valence-electron chi connectivity index (χ3n) is 2.03. The van der Waals surface area contributed by atoms with Gasteiger partial charge in [0, 0.05) is 22.3 Å². The van der Waals surface area contributed by atoms with E-state index in [2.05, 4.69) is 4.98 Å². The molecule has 16 heavy (non-hydrogen) atoms. The zero-order valence-electron chi connectivity index (χ0n) is 7.85. The van der Waals surface area contributed by atoms with Crippen molar-refractivity contribution in [3.05, 3.63) is 51.5 Å². The van der Waals surface area contributed by atoms with Gasteiger partial charge in [-0.1, -0.05) is 40.9 Å². The molecule has 0 fully saturated rings. The van der Waals surface area contributed by atoms with Gasteiger partial charge in [-0.05, 0) is 18.2 Å². The Morgan fingerprint density at radius 2 is 1.69 bits per heavy atom. The number of aromatic nitrogens is 1. The minimum Gasteiger partial charge on any atom is -0.226 e.